The van der Waals surface area contributed by atoms with Crippen molar-refractivity contribution in [1.29, 1.82) is 0 Å². The highest BCUT2D eigenvalue weighted by Crippen LogP contribution is 2.30. The Morgan fingerprint density at radius 2 is 2.04 bits per heavy atom. The first-order valence-electron chi connectivity index (χ1n) is 9.08. The van der Waals surface area contributed by atoms with Crippen molar-refractivity contribution in [2.24, 2.45) is 5.73 Å². The molecule has 1 fully saturated rings. The molecule has 0 amide bonds. The number of anilines is 2. The summed E-state index contributed by atoms with van der Waals surface area (Å²) in [4.78, 5) is 12.6. The van der Waals surface area contributed by atoms with Gasteiger partial charge in [0.1, 0.15) is 0 Å². The highest BCUT2D eigenvalue weighted by Gasteiger charge is 2.16. The Balaban J connectivity index is 1.45. The smallest absolute Gasteiger partial charge is 0.227 e. The van der Waals surface area contributed by atoms with Gasteiger partial charge in [0.25, 0.3) is 0 Å². The van der Waals surface area contributed by atoms with Gasteiger partial charge in [-0.2, -0.15) is 0 Å². The summed E-state index contributed by atoms with van der Waals surface area (Å²) in [6.45, 7) is 3.09. The van der Waals surface area contributed by atoms with Gasteiger partial charge in [0.05, 0.1) is 14.4 Å². The number of piperidine rings is 1. The lowest BCUT2D eigenvalue weighted by Gasteiger charge is -2.30. The van der Waals surface area contributed by atoms with Crippen LogP contribution in [0.25, 0.3) is 10.6 Å². The Bertz CT molecular complexity index is 905. The van der Waals surface area contributed by atoms with Crippen LogP contribution in [0.4, 0.5) is 11.6 Å². The van der Waals surface area contributed by atoms with Crippen LogP contribution in [0.15, 0.2) is 52.4 Å². The van der Waals surface area contributed by atoms with Gasteiger partial charge in [-0.05, 0) is 77.8 Å². The van der Waals surface area contributed by atoms with Crippen molar-refractivity contribution >= 4 is 38.9 Å². The number of hydrogen-bond donors (Lipinski definition) is 2. The first-order chi connectivity index (χ1) is 13.2. The van der Waals surface area contributed by atoms with E-state index in [1.807, 2.05) is 18.2 Å². The number of hydrogen-bond acceptors (Lipinski definition) is 6. The first kappa shape index (κ1) is 18.6. The van der Waals surface area contributed by atoms with E-state index in [0.29, 0.717) is 12.0 Å². The summed E-state index contributed by atoms with van der Waals surface area (Å²) in [6.07, 6.45) is 3.95. The SMILES string of the molecule is NC1CCN(Cc2cccc(Nc3nccc(-c4ccc(Br)s4)n3)c2)CC1. The molecule has 0 aliphatic carbocycles. The zero-order valence-electron chi connectivity index (χ0n) is 14.9. The third kappa shape index (κ3) is 4.93. The van der Waals surface area contributed by atoms with Gasteiger partial charge in [-0.3, -0.25) is 4.90 Å². The number of benzene rings is 1. The van der Waals surface area contributed by atoms with E-state index in [1.165, 1.54) is 5.56 Å². The van der Waals surface area contributed by atoms with Gasteiger partial charge in [-0.1, -0.05) is 12.1 Å². The Hall–Kier alpha value is -1.80. The van der Waals surface area contributed by atoms with Crippen LogP contribution in [0.5, 0.6) is 0 Å². The van der Waals surface area contributed by atoms with Crippen LogP contribution in [0, 0.1) is 0 Å². The number of nitrogens with one attached hydrogen (secondary N) is 1. The van der Waals surface area contributed by atoms with Gasteiger partial charge < -0.3 is 11.1 Å². The molecule has 1 saturated heterocycles. The molecule has 1 aromatic carbocycles. The molecule has 3 aromatic rings. The molecule has 0 radical (unpaired) electrons. The summed E-state index contributed by atoms with van der Waals surface area (Å²) in [7, 11) is 0. The van der Waals surface area contributed by atoms with Crippen molar-refractivity contribution in [2.45, 2.75) is 25.4 Å². The van der Waals surface area contributed by atoms with Crippen molar-refractivity contribution in [3.63, 3.8) is 0 Å². The molecule has 3 heterocycles. The van der Waals surface area contributed by atoms with Crippen LogP contribution in [0.1, 0.15) is 18.4 Å². The lowest BCUT2D eigenvalue weighted by molar-refractivity contribution is 0.205. The molecule has 0 spiro atoms. The first-order valence-corrected chi connectivity index (χ1v) is 10.7. The Morgan fingerprint density at radius 3 is 2.81 bits per heavy atom. The predicted octanol–water partition coefficient (Wildman–Crippen LogP) is 4.63. The maximum atomic E-state index is 6.00. The van der Waals surface area contributed by atoms with E-state index in [-0.39, 0.29) is 0 Å². The molecule has 27 heavy (non-hydrogen) atoms. The molecule has 4 rings (SSSR count). The zero-order valence-corrected chi connectivity index (χ0v) is 17.3. The summed E-state index contributed by atoms with van der Waals surface area (Å²) in [5.41, 5.74) is 9.22. The minimum Gasteiger partial charge on any atom is -0.328 e. The van der Waals surface area contributed by atoms with Gasteiger partial charge in [0.2, 0.25) is 5.95 Å². The molecule has 140 valence electrons. The van der Waals surface area contributed by atoms with E-state index in [4.69, 9.17) is 5.73 Å². The number of nitrogens with two attached hydrogens (primary N) is 1. The molecule has 0 unspecified atom stereocenters. The molecule has 1 aliphatic rings. The summed E-state index contributed by atoms with van der Waals surface area (Å²) >= 11 is 5.16. The monoisotopic (exact) mass is 443 g/mol. The van der Waals surface area contributed by atoms with Crippen molar-refractivity contribution in [1.82, 2.24) is 14.9 Å². The summed E-state index contributed by atoms with van der Waals surface area (Å²) in [5, 5.41) is 3.34. The van der Waals surface area contributed by atoms with Crippen molar-refractivity contribution in [3.05, 3.63) is 58.0 Å². The number of halogens is 1. The molecule has 5 nitrogen and oxygen atoms in total. The number of likely N-dealkylation sites (tertiary alicyclic amines) is 1. The molecule has 7 heteroatoms. The molecule has 3 N–H and O–H groups in total. The molecule has 1 aliphatic heterocycles. The minimum atomic E-state index is 0.364. The highest BCUT2D eigenvalue weighted by molar-refractivity contribution is 9.11. The Labute approximate surface area is 171 Å². The van der Waals surface area contributed by atoms with E-state index in [1.54, 1.807) is 17.5 Å². The predicted molar refractivity (Wildman–Crippen MR) is 115 cm³/mol. The van der Waals surface area contributed by atoms with E-state index in [0.717, 1.165) is 52.5 Å². The van der Waals surface area contributed by atoms with Crippen molar-refractivity contribution < 1.29 is 0 Å². The van der Waals surface area contributed by atoms with Crippen LogP contribution in [0.3, 0.4) is 0 Å². The standard InChI is InChI=1S/C20H22BrN5S/c21-19-5-4-18(27-19)17-6-9-23-20(25-17)24-16-3-1-2-14(12-16)13-26-10-7-15(22)8-11-26/h1-6,9,12,15H,7-8,10-11,13,22H2,(H,23,24,25). The van der Waals surface area contributed by atoms with Crippen LogP contribution < -0.4 is 11.1 Å². The molecular formula is C20H22BrN5S. The average molecular weight is 444 g/mol. The average Bonchev–Trinajstić information content (AvgIpc) is 3.11. The van der Waals surface area contributed by atoms with E-state index < -0.39 is 0 Å². The zero-order chi connectivity index (χ0) is 18.6. The summed E-state index contributed by atoms with van der Waals surface area (Å²) in [6, 6.07) is 14.9. The topological polar surface area (TPSA) is 67.1 Å². The summed E-state index contributed by atoms with van der Waals surface area (Å²) < 4.78 is 1.09. The summed E-state index contributed by atoms with van der Waals surface area (Å²) in [5.74, 6) is 0.609. The maximum absolute atomic E-state index is 6.00. The van der Waals surface area contributed by atoms with Gasteiger partial charge >= 0.3 is 0 Å². The van der Waals surface area contributed by atoms with Gasteiger partial charge in [0.15, 0.2) is 0 Å². The Morgan fingerprint density at radius 1 is 1.19 bits per heavy atom. The number of nitrogens with zero attached hydrogens (tertiary/aromatic N) is 3. The quantitative estimate of drug-likeness (QED) is 0.601. The minimum absolute atomic E-state index is 0.364. The van der Waals surface area contributed by atoms with Crippen molar-refractivity contribution in [3.8, 4) is 10.6 Å². The van der Waals surface area contributed by atoms with Crippen molar-refractivity contribution in [2.75, 3.05) is 18.4 Å². The molecular weight excluding hydrogens is 422 g/mol. The second-order valence-corrected chi connectivity index (χ2v) is 9.27. The van der Waals surface area contributed by atoms with E-state index in [9.17, 15) is 0 Å². The molecule has 0 atom stereocenters. The number of thiophene rings is 1. The van der Waals surface area contributed by atoms with Crippen LogP contribution in [0.2, 0.25) is 0 Å². The largest absolute Gasteiger partial charge is 0.328 e. The van der Waals surface area contributed by atoms with Gasteiger partial charge in [-0.15, -0.1) is 11.3 Å². The highest BCUT2D eigenvalue weighted by atomic mass is 79.9. The molecule has 0 saturated carbocycles. The lowest BCUT2D eigenvalue weighted by atomic mass is 10.1. The van der Waals surface area contributed by atoms with Crippen LogP contribution in [-0.2, 0) is 6.54 Å². The van der Waals surface area contributed by atoms with Crippen LogP contribution >= 0.6 is 27.3 Å². The fourth-order valence-corrected chi connectivity index (χ4v) is 4.61. The lowest BCUT2D eigenvalue weighted by Crippen LogP contribution is -2.39. The fraction of sp³-hybridized carbons (Fsp3) is 0.300. The fourth-order valence-electron chi connectivity index (χ4n) is 3.25. The third-order valence-corrected chi connectivity index (χ3v) is 6.35. The van der Waals surface area contributed by atoms with E-state index >= 15 is 0 Å². The third-order valence-electron chi connectivity index (χ3n) is 4.70. The molecule has 0 bridgehead atoms. The Kier molecular flexibility index (Phi) is 5.83. The number of rotatable bonds is 5. The normalized spacial score (nSPS) is 15.8. The second-order valence-electron chi connectivity index (χ2n) is 6.81. The van der Waals surface area contributed by atoms with Crippen LogP contribution in [-0.4, -0.2) is 34.0 Å². The maximum Gasteiger partial charge on any atom is 0.227 e. The second kappa shape index (κ2) is 8.48. The number of aromatic nitrogens is 2. The molecule has 2 aromatic heterocycles. The van der Waals surface area contributed by atoms with Gasteiger partial charge in [-0.25, -0.2) is 9.97 Å². The van der Waals surface area contributed by atoms with Gasteiger partial charge in [0, 0.05) is 24.5 Å². The van der Waals surface area contributed by atoms with E-state index in [2.05, 4.69) is 60.4 Å².